The van der Waals surface area contributed by atoms with Gasteiger partial charge in [0.2, 0.25) is 0 Å². The quantitative estimate of drug-likeness (QED) is 0.841. The lowest BCUT2D eigenvalue weighted by Crippen LogP contribution is -2.51. The molecular formula is C19H21F2N3O3. The molecule has 1 aromatic heterocycles. The van der Waals surface area contributed by atoms with Crippen LogP contribution in [0.1, 0.15) is 11.6 Å². The first-order valence-electron chi connectivity index (χ1n) is 8.54. The van der Waals surface area contributed by atoms with E-state index in [2.05, 4.69) is 10.3 Å². The minimum atomic E-state index is -3.08. The summed E-state index contributed by atoms with van der Waals surface area (Å²) < 4.78 is 38.0. The van der Waals surface area contributed by atoms with Gasteiger partial charge in [0.15, 0.2) is 0 Å². The van der Waals surface area contributed by atoms with Gasteiger partial charge < -0.3 is 19.7 Å². The molecule has 1 aromatic carbocycles. The average Bonchev–Trinajstić information content (AvgIpc) is 3.01. The van der Waals surface area contributed by atoms with Gasteiger partial charge in [0.25, 0.3) is 5.92 Å². The molecule has 2 atom stereocenters. The fourth-order valence-electron chi connectivity index (χ4n) is 2.78. The Morgan fingerprint density at radius 1 is 1.33 bits per heavy atom. The number of alkyl halides is 2. The van der Waals surface area contributed by atoms with Crippen LogP contribution in [0, 0.1) is 0 Å². The second-order valence-corrected chi connectivity index (χ2v) is 6.31. The van der Waals surface area contributed by atoms with E-state index in [1.54, 1.807) is 43.7 Å². The molecule has 1 saturated heterocycles. The lowest BCUT2D eigenvalue weighted by atomic mass is 10.1. The van der Waals surface area contributed by atoms with Gasteiger partial charge in [-0.3, -0.25) is 4.98 Å². The van der Waals surface area contributed by atoms with Crippen molar-refractivity contribution in [2.24, 2.45) is 0 Å². The molecule has 1 N–H and O–H groups in total. The van der Waals surface area contributed by atoms with E-state index in [0.717, 1.165) is 5.56 Å². The fourth-order valence-corrected chi connectivity index (χ4v) is 2.78. The summed E-state index contributed by atoms with van der Waals surface area (Å²) in [5, 5.41) is 2.36. The predicted octanol–water partition coefficient (Wildman–Crippen LogP) is 2.88. The van der Waals surface area contributed by atoms with Crippen LogP contribution in [0.25, 0.3) is 0 Å². The number of benzene rings is 1. The number of rotatable bonds is 6. The van der Waals surface area contributed by atoms with Gasteiger partial charge in [-0.25, -0.2) is 13.6 Å². The van der Waals surface area contributed by atoms with E-state index < -0.39 is 30.6 Å². The summed E-state index contributed by atoms with van der Waals surface area (Å²) >= 11 is 0. The normalized spacial score (nSPS) is 19.3. The highest BCUT2D eigenvalue weighted by Gasteiger charge is 2.46. The molecule has 0 unspecified atom stereocenters. The number of halogens is 2. The van der Waals surface area contributed by atoms with Crippen molar-refractivity contribution >= 4 is 6.03 Å². The molecule has 6 nitrogen and oxygen atoms in total. The second-order valence-electron chi connectivity index (χ2n) is 6.31. The van der Waals surface area contributed by atoms with Crippen LogP contribution in [0.15, 0.2) is 54.9 Å². The summed E-state index contributed by atoms with van der Waals surface area (Å²) in [4.78, 5) is 17.9. The first-order chi connectivity index (χ1) is 13.0. The van der Waals surface area contributed by atoms with Gasteiger partial charge in [-0.05, 0) is 29.8 Å². The van der Waals surface area contributed by atoms with Gasteiger partial charge >= 0.3 is 6.03 Å². The van der Waals surface area contributed by atoms with Gasteiger partial charge in [-0.1, -0.05) is 18.2 Å². The van der Waals surface area contributed by atoms with Crippen molar-refractivity contribution in [3.63, 3.8) is 0 Å². The number of carbonyl (C=O) groups excluding carboxylic acids is 1. The zero-order valence-electron chi connectivity index (χ0n) is 14.8. The number of aromatic nitrogens is 1. The van der Waals surface area contributed by atoms with Crippen LogP contribution in [0.4, 0.5) is 13.6 Å². The molecule has 2 amide bonds. The number of amides is 2. The van der Waals surface area contributed by atoms with E-state index in [1.807, 2.05) is 18.2 Å². The summed E-state index contributed by atoms with van der Waals surface area (Å²) in [7, 11) is 1.54. The Labute approximate surface area is 156 Å². The Balaban J connectivity index is 1.72. The number of hydrogen-bond donors (Lipinski definition) is 1. The molecular weight excluding hydrogens is 356 g/mol. The summed E-state index contributed by atoms with van der Waals surface area (Å²) in [5.74, 6) is -2.43. The van der Waals surface area contributed by atoms with Gasteiger partial charge in [-0.2, -0.15) is 0 Å². The first kappa shape index (κ1) is 19.0. The SMILES string of the molecule is CN(C(=O)N[C@H]1COCC1(F)F)[C@@H](COc1ccccc1)c1ccncc1. The maximum absolute atomic E-state index is 13.7. The van der Waals surface area contributed by atoms with Gasteiger partial charge in [0, 0.05) is 19.4 Å². The Morgan fingerprint density at radius 2 is 2.04 bits per heavy atom. The Bertz CT molecular complexity index is 746. The Hall–Kier alpha value is -2.74. The number of nitrogens with one attached hydrogen (secondary N) is 1. The minimum absolute atomic E-state index is 0.162. The molecule has 0 radical (unpaired) electrons. The Kier molecular flexibility index (Phi) is 5.85. The topological polar surface area (TPSA) is 63.7 Å². The number of pyridine rings is 1. The van der Waals surface area contributed by atoms with E-state index in [0.29, 0.717) is 5.75 Å². The van der Waals surface area contributed by atoms with Crippen molar-refractivity contribution in [2.75, 3.05) is 26.9 Å². The van der Waals surface area contributed by atoms with Crippen LogP contribution in [-0.2, 0) is 4.74 Å². The molecule has 1 aliphatic rings. The highest BCUT2D eigenvalue weighted by molar-refractivity contribution is 5.75. The summed E-state index contributed by atoms with van der Waals surface area (Å²) in [6, 6.07) is 10.2. The van der Waals surface area contributed by atoms with E-state index in [9.17, 15) is 13.6 Å². The van der Waals surface area contributed by atoms with Crippen LogP contribution < -0.4 is 10.1 Å². The third kappa shape index (κ3) is 4.71. The van der Waals surface area contributed by atoms with E-state index in [4.69, 9.17) is 9.47 Å². The zero-order valence-corrected chi connectivity index (χ0v) is 14.8. The molecule has 0 aliphatic carbocycles. The number of likely N-dealkylation sites (N-methyl/N-ethyl adjacent to an activating group) is 1. The molecule has 1 aliphatic heterocycles. The summed E-state index contributed by atoms with van der Waals surface area (Å²) in [6.07, 6.45) is 3.21. The number of urea groups is 1. The number of hydrogen-bond acceptors (Lipinski definition) is 4. The van der Waals surface area contributed by atoms with Crippen LogP contribution in [0.2, 0.25) is 0 Å². The third-order valence-corrected chi connectivity index (χ3v) is 4.42. The summed E-state index contributed by atoms with van der Waals surface area (Å²) in [5.41, 5.74) is 0.785. The number of para-hydroxylation sites is 1. The fraction of sp³-hybridized carbons (Fsp3) is 0.368. The minimum Gasteiger partial charge on any atom is -0.491 e. The smallest absolute Gasteiger partial charge is 0.318 e. The van der Waals surface area contributed by atoms with Crippen molar-refractivity contribution in [1.29, 1.82) is 0 Å². The number of ether oxygens (including phenoxy) is 2. The molecule has 3 rings (SSSR count). The molecule has 1 fully saturated rings. The highest BCUT2D eigenvalue weighted by Crippen LogP contribution is 2.26. The molecule has 0 saturated carbocycles. The second kappa shape index (κ2) is 8.30. The monoisotopic (exact) mass is 377 g/mol. The lowest BCUT2D eigenvalue weighted by Gasteiger charge is -2.30. The molecule has 8 heteroatoms. The number of carbonyl (C=O) groups is 1. The lowest BCUT2D eigenvalue weighted by molar-refractivity contribution is -0.0225. The first-order valence-corrected chi connectivity index (χ1v) is 8.54. The molecule has 0 spiro atoms. The molecule has 2 heterocycles. The average molecular weight is 377 g/mol. The third-order valence-electron chi connectivity index (χ3n) is 4.42. The van der Waals surface area contributed by atoms with Crippen LogP contribution in [-0.4, -0.2) is 54.7 Å². The molecule has 144 valence electrons. The maximum atomic E-state index is 13.7. The van der Waals surface area contributed by atoms with Gasteiger partial charge in [0.05, 0.1) is 12.6 Å². The summed E-state index contributed by atoms with van der Waals surface area (Å²) in [6.45, 7) is -0.741. The largest absolute Gasteiger partial charge is 0.491 e. The molecule has 2 aromatic rings. The van der Waals surface area contributed by atoms with E-state index >= 15 is 0 Å². The van der Waals surface area contributed by atoms with Crippen molar-refractivity contribution in [3.8, 4) is 5.75 Å². The van der Waals surface area contributed by atoms with Crippen molar-refractivity contribution in [2.45, 2.75) is 18.0 Å². The van der Waals surface area contributed by atoms with Crippen LogP contribution >= 0.6 is 0 Å². The van der Waals surface area contributed by atoms with Crippen LogP contribution in [0.3, 0.4) is 0 Å². The van der Waals surface area contributed by atoms with E-state index in [-0.39, 0.29) is 13.2 Å². The van der Waals surface area contributed by atoms with Crippen molar-refractivity contribution < 1.29 is 23.0 Å². The van der Waals surface area contributed by atoms with Crippen molar-refractivity contribution in [3.05, 3.63) is 60.4 Å². The van der Waals surface area contributed by atoms with Gasteiger partial charge in [-0.15, -0.1) is 0 Å². The van der Waals surface area contributed by atoms with Crippen molar-refractivity contribution in [1.82, 2.24) is 15.2 Å². The van der Waals surface area contributed by atoms with Crippen LogP contribution in [0.5, 0.6) is 5.75 Å². The predicted molar refractivity (Wildman–Crippen MR) is 94.8 cm³/mol. The molecule has 27 heavy (non-hydrogen) atoms. The standard InChI is InChI=1S/C19H21F2N3O3/c1-24(18(25)23-17-12-26-13-19(17,20)21)16(14-7-9-22-10-8-14)11-27-15-5-3-2-4-6-15/h2-10,16-17H,11-13H2,1H3,(H,23,25)/t16-,17-/m0/s1. The molecule has 0 bridgehead atoms. The van der Waals surface area contributed by atoms with Gasteiger partial charge in [0.1, 0.15) is 25.0 Å². The number of nitrogens with zero attached hydrogens (tertiary/aromatic N) is 2. The zero-order chi connectivity index (χ0) is 19.3. The highest BCUT2D eigenvalue weighted by atomic mass is 19.3. The maximum Gasteiger partial charge on any atom is 0.318 e. The van der Waals surface area contributed by atoms with E-state index in [1.165, 1.54) is 4.90 Å². The Morgan fingerprint density at radius 3 is 2.67 bits per heavy atom.